The Balaban J connectivity index is 2.07. The molecule has 2 rings (SSSR count). The molecule has 0 bridgehead atoms. The smallest absolute Gasteiger partial charge is 0.339 e. The number of likely N-dealkylation sites (tertiary alicyclic amines) is 1. The molecule has 7 heteroatoms. The van der Waals surface area contributed by atoms with Crippen LogP contribution in [0.2, 0.25) is 5.02 Å². The Morgan fingerprint density at radius 1 is 1.30 bits per heavy atom. The van der Waals surface area contributed by atoms with E-state index in [0.717, 1.165) is 0 Å². The van der Waals surface area contributed by atoms with Crippen molar-refractivity contribution in [2.24, 2.45) is 5.92 Å². The monoisotopic (exact) mass is 369 g/mol. The van der Waals surface area contributed by atoms with Crippen molar-refractivity contribution in [1.29, 1.82) is 0 Å². The van der Waals surface area contributed by atoms with E-state index in [9.17, 15) is 18.0 Å². The molecule has 1 aromatic rings. The summed E-state index contributed by atoms with van der Waals surface area (Å²) >= 11 is 9.15. The van der Waals surface area contributed by atoms with Gasteiger partial charge in [0.15, 0.2) is 0 Å². The molecule has 110 valence electrons. The maximum absolute atomic E-state index is 12.6. The maximum atomic E-state index is 12.6. The third-order valence-electron chi connectivity index (χ3n) is 3.43. The molecule has 1 heterocycles. The molecule has 0 N–H and O–H groups in total. The fourth-order valence-corrected chi connectivity index (χ4v) is 2.86. The Bertz CT molecular complexity index is 513. The standard InChI is InChI=1S/C13H12BrClF3NO/c14-11-9(2-1-3-10(11)15)12(20)19-6-4-8(5-7-19)13(16,17)18/h1-3,8H,4-7H2. The molecule has 1 fully saturated rings. The zero-order valence-corrected chi connectivity index (χ0v) is 12.7. The van der Waals surface area contributed by atoms with Gasteiger partial charge >= 0.3 is 6.18 Å². The molecule has 1 saturated heterocycles. The van der Waals surface area contributed by atoms with Crippen LogP contribution in [0.25, 0.3) is 0 Å². The number of nitrogens with zero attached hydrogens (tertiary/aromatic N) is 1. The lowest BCUT2D eigenvalue weighted by atomic mass is 9.96. The summed E-state index contributed by atoms with van der Waals surface area (Å²) in [6, 6.07) is 4.88. The second-order valence-corrected chi connectivity index (χ2v) is 5.91. The second kappa shape index (κ2) is 5.93. The Hall–Kier alpha value is -0.750. The molecule has 0 spiro atoms. The Morgan fingerprint density at radius 3 is 2.45 bits per heavy atom. The largest absolute Gasteiger partial charge is 0.391 e. The molecule has 0 aliphatic carbocycles. The van der Waals surface area contributed by atoms with Gasteiger partial charge in [0.05, 0.1) is 16.5 Å². The van der Waals surface area contributed by atoms with Gasteiger partial charge in [0.1, 0.15) is 0 Å². The van der Waals surface area contributed by atoms with Gasteiger partial charge in [-0.1, -0.05) is 17.7 Å². The fraction of sp³-hybridized carbons (Fsp3) is 0.462. The van der Waals surface area contributed by atoms with Crippen molar-refractivity contribution in [2.45, 2.75) is 19.0 Å². The van der Waals surface area contributed by atoms with Crippen LogP contribution in [0.15, 0.2) is 22.7 Å². The normalized spacial score (nSPS) is 17.4. The zero-order chi connectivity index (χ0) is 14.9. The number of carbonyl (C=O) groups is 1. The predicted octanol–water partition coefficient (Wildman–Crippen LogP) is 4.52. The number of halogens is 5. The number of amides is 1. The fourth-order valence-electron chi connectivity index (χ4n) is 2.25. The van der Waals surface area contributed by atoms with E-state index < -0.39 is 12.1 Å². The molecule has 2 nitrogen and oxygen atoms in total. The molecular weight excluding hydrogens is 359 g/mol. The van der Waals surface area contributed by atoms with E-state index >= 15 is 0 Å². The number of rotatable bonds is 1. The summed E-state index contributed by atoms with van der Waals surface area (Å²) in [5, 5.41) is 0.404. The second-order valence-electron chi connectivity index (χ2n) is 4.71. The van der Waals surface area contributed by atoms with E-state index in [1.165, 1.54) is 4.90 Å². The third-order valence-corrected chi connectivity index (χ3v) is 4.82. The Kier molecular flexibility index (Phi) is 4.64. The lowest BCUT2D eigenvalue weighted by Crippen LogP contribution is -2.42. The highest BCUT2D eigenvalue weighted by molar-refractivity contribution is 9.10. The van der Waals surface area contributed by atoms with Gasteiger partial charge in [-0.15, -0.1) is 0 Å². The SMILES string of the molecule is O=C(c1cccc(Cl)c1Br)N1CCC(C(F)(F)F)CC1. The van der Waals surface area contributed by atoms with Gasteiger partial charge in [0.2, 0.25) is 0 Å². The van der Waals surface area contributed by atoms with Crippen LogP contribution in [-0.2, 0) is 0 Å². The first-order chi connectivity index (χ1) is 9.30. The van der Waals surface area contributed by atoms with E-state index in [2.05, 4.69) is 15.9 Å². The first-order valence-electron chi connectivity index (χ1n) is 6.10. The molecule has 0 radical (unpaired) electrons. The van der Waals surface area contributed by atoms with Crippen molar-refractivity contribution in [3.8, 4) is 0 Å². The van der Waals surface area contributed by atoms with Gasteiger partial charge in [-0.05, 0) is 40.9 Å². The minimum atomic E-state index is -4.17. The topological polar surface area (TPSA) is 20.3 Å². The van der Waals surface area contributed by atoms with Gasteiger partial charge < -0.3 is 4.90 Å². The van der Waals surface area contributed by atoms with E-state index in [1.54, 1.807) is 18.2 Å². The van der Waals surface area contributed by atoms with Crippen molar-refractivity contribution in [3.63, 3.8) is 0 Å². The third kappa shape index (κ3) is 3.28. The first kappa shape index (κ1) is 15.6. The van der Waals surface area contributed by atoms with Gasteiger partial charge in [-0.25, -0.2) is 0 Å². The summed E-state index contributed by atoms with van der Waals surface area (Å²) in [6.07, 6.45) is -4.27. The van der Waals surface area contributed by atoms with Crippen molar-refractivity contribution in [2.75, 3.05) is 13.1 Å². The van der Waals surface area contributed by atoms with Crippen LogP contribution in [0.3, 0.4) is 0 Å². The summed E-state index contributed by atoms with van der Waals surface area (Å²) in [5.41, 5.74) is 0.378. The quantitative estimate of drug-likeness (QED) is 0.712. The summed E-state index contributed by atoms with van der Waals surface area (Å²) < 4.78 is 38.2. The predicted molar refractivity (Wildman–Crippen MR) is 73.8 cm³/mol. The van der Waals surface area contributed by atoms with Crippen molar-refractivity contribution < 1.29 is 18.0 Å². The van der Waals surface area contributed by atoms with E-state index in [-0.39, 0.29) is 31.8 Å². The lowest BCUT2D eigenvalue weighted by molar-refractivity contribution is -0.183. The molecular formula is C13H12BrClF3NO. The summed E-state index contributed by atoms with van der Waals surface area (Å²) in [6.45, 7) is 0.226. The van der Waals surface area contributed by atoms with E-state index in [0.29, 0.717) is 15.1 Å². The maximum Gasteiger partial charge on any atom is 0.391 e. The van der Waals surface area contributed by atoms with E-state index in [4.69, 9.17) is 11.6 Å². The van der Waals surface area contributed by atoms with Crippen molar-refractivity contribution in [1.82, 2.24) is 4.90 Å². The van der Waals surface area contributed by atoms with Crippen LogP contribution in [0, 0.1) is 5.92 Å². The summed E-state index contributed by atoms with van der Waals surface area (Å²) in [5.74, 6) is -1.60. The van der Waals surface area contributed by atoms with Gasteiger partial charge in [0, 0.05) is 17.6 Å². The minimum absolute atomic E-state index is 0.0482. The number of hydrogen-bond acceptors (Lipinski definition) is 1. The molecule has 1 aliphatic rings. The summed E-state index contributed by atoms with van der Waals surface area (Å²) in [7, 11) is 0. The summed E-state index contributed by atoms with van der Waals surface area (Å²) in [4.78, 5) is 13.7. The minimum Gasteiger partial charge on any atom is -0.339 e. The number of carbonyl (C=O) groups excluding carboxylic acids is 1. The number of piperidine rings is 1. The number of alkyl halides is 3. The highest BCUT2D eigenvalue weighted by Gasteiger charge is 2.41. The molecule has 1 aliphatic heterocycles. The van der Waals surface area contributed by atoms with Gasteiger partial charge in [-0.3, -0.25) is 4.79 Å². The first-order valence-corrected chi connectivity index (χ1v) is 7.28. The van der Waals surface area contributed by atoms with Crippen LogP contribution < -0.4 is 0 Å². The Morgan fingerprint density at radius 2 is 1.90 bits per heavy atom. The van der Waals surface area contributed by atoms with Crippen molar-refractivity contribution in [3.05, 3.63) is 33.3 Å². The average molecular weight is 371 g/mol. The molecule has 0 atom stereocenters. The van der Waals surface area contributed by atoms with Crippen LogP contribution in [-0.4, -0.2) is 30.1 Å². The molecule has 20 heavy (non-hydrogen) atoms. The molecule has 0 unspecified atom stereocenters. The number of benzene rings is 1. The van der Waals surface area contributed by atoms with Crippen LogP contribution in [0.5, 0.6) is 0 Å². The molecule has 1 aromatic carbocycles. The van der Waals surface area contributed by atoms with Crippen LogP contribution >= 0.6 is 27.5 Å². The van der Waals surface area contributed by atoms with Crippen molar-refractivity contribution >= 4 is 33.4 Å². The molecule has 1 amide bonds. The lowest BCUT2D eigenvalue weighted by Gasteiger charge is -2.33. The van der Waals surface area contributed by atoms with Gasteiger partial charge in [-0.2, -0.15) is 13.2 Å². The zero-order valence-electron chi connectivity index (χ0n) is 10.4. The average Bonchev–Trinajstić information content (AvgIpc) is 2.40. The highest BCUT2D eigenvalue weighted by Crippen LogP contribution is 2.35. The highest BCUT2D eigenvalue weighted by atomic mass is 79.9. The van der Waals surface area contributed by atoms with Crippen LogP contribution in [0.4, 0.5) is 13.2 Å². The Labute approximate surface area is 128 Å². The van der Waals surface area contributed by atoms with Gasteiger partial charge in [0.25, 0.3) is 5.91 Å². The molecule has 0 aromatic heterocycles. The van der Waals surface area contributed by atoms with E-state index in [1.807, 2.05) is 0 Å². The number of hydrogen-bond donors (Lipinski definition) is 0. The van der Waals surface area contributed by atoms with Crippen LogP contribution in [0.1, 0.15) is 23.2 Å². The molecule has 0 saturated carbocycles.